The topological polar surface area (TPSA) is 18.5 Å². The van der Waals surface area contributed by atoms with Crippen LogP contribution in [-0.2, 0) is 15.5 Å². The van der Waals surface area contributed by atoms with Crippen LogP contribution in [0.3, 0.4) is 0 Å². The third-order valence-corrected chi connectivity index (χ3v) is 6.83. The molecule has 1 saturated heterocycles. The number of alkyl halides is 3. The van der Waals surface area contributed by atoms with Gasteiger partial charge in [-0.1, -0.05) is 31.8 Å². The smallest absolute Gasteiger partial charge is 0.400 e. The number of rotatable bonds is 4. The zero-order valence-corrected chi connectivity index (χ0v) is 18.5. The molecule has 0 radical (unpaired) electrons. The Hall–Kier alpha value is -1.05. The normalized spacial score (nSPS) is 20.6. The molecule has 0 N–H and O–H groups in total. The van der Waals surface area contributed by atoms with Gasteiger partial charge in [-0.3, -0.25) is 0 Å². The van der Waals surface area contributed by atoms with Crippen LogP contribution in [0.2, 0.25) is 25.7 Å². The van der Waals surface area contributed by atoms with E-state index in [1.54, 1.807) is 0 Å². The van der Waals surface area contributed by atoms with Gasteiger partial charge in [0.1, 0.15) is 0 Å². The third kappa shape index (κ3) is 5.06. The summed E-state index contributed by atoms with van der Waals surface area (Å²) in [5.41, 5.74) is 1.19. The summed E-state index contributed by atoms with van der Waals surface area (Å²) in [7, 11) is -2.00. The molecule has 0 spiro atoms. The summed E-state index contributed by atoms with van der Waals surface area (Å²) in [6, 6.07) is 6.20. The van der Waals surface area contributed by atoms with Crippen molar-refractivity contribution >= 4 is 20.8 Å². The SMILES string of the molecule is C/C(=C(\C[Si](C)(C)C)B1OC(C)(C)C(C)(C)O1)c1ccc(C(F)(F)F)cc1. The minimum atomic E-state index is -4.33. The van der Waals surface area contributed by atoms with E-state index in [9.17, 15) is 13.2 Å². The van der Waals surface area contributed by atoms with Crippen molar-refractivity contribution in [2.24, 2.45) is 0 Å². The Morgan fingerprint density at radius 1 is 0.963 bits per heavy atom. The second-order valence-electron chi connectivity index (χ2n) is 9.55. The molecule has 0 bridgehead atoms. The van der Waals surface area contributed by atoms with Crippen molar-refractivity contribution in [1.82, 2.24) is 0 Å². The molecule has 0 saturated carbocycles. The first kappa shape index (κ1) is 22.2. The zero-order valence-electron chi connectivity index (χ0n) is 17.5. The van der Waals surface area contributed by atoms with E-state index in [4.69, 9.17) is 9.31 Å². The molecule has 27 heavy (non-hydrogen) atoms. The van der Waals surface area contributed by atoms with Gasteiger partial charge in [0, 0.05) is 8.07 Å². The fraction of sp³-hybridized carbons (Fsp3) is 0.600. The standard InChI is InChI=1S/C20H30BF3O2Si/c1-14(15-9-11-16(12-10-15)20(22,23)24)17(13-27(6,7)8)21-25-18(2,3)19(4,5)26-21/h9-12H,13H2,1-8H3/b17-14-. The van der Waals surface area contributed by atoms with Gasteiger partial charge in [-0.05, 0) is 69.4 Å². The molecule has 1 aliphatic heterocycles. The summed E-state index contributed by atoms with van der Waals surface area (Å²) in [5, 5.41) is 0. The predicted molar refractivity (Wildman–Crippen MR) is 108 cm³/mol. The molecule has 0 amide bonds. The number of halogens is 3. The molecule has 0 unspecified atom stereocenters. The molecular weight excluding hydrogens is 368 g/mol. The molecule has 2 nitrogen and oxygen atoms in total. The van der Waals surface area contributed by atoms with Crippen LogP contribution < -0.4 is 0 Å². The monoisotopic (exact) mass is 398 g/mol. The molecule has 1 heterocycles. The van der Waals surface area contributed by atoms with Crippen LogP contribution in [0, 0.1) is 0 Å². The number of allylic oxidation sites excluding steroid dienone is 2. The molecule has 2 rings (SSSR count). The number of benzene rings is 1. The third-order valence-electron chi connectivity index (χ3n) is 5.39. The van der Waals surface area contributed by atoms with Crippen molar-refractivity contribution < 1.29 is 22.5 Å². The summed E-state index contributed by atoms with van der Waals surface area (Å²) in [4.78, 5) is 0. The summed E-state index contributed by atoms with van der Waals surface area (Å²) in [5.74, 6) is 0. The van der Waals surface area contributed by atoms with Crippen molar-refractivity contribution in [2.75, 3.05) is 0 Å². The van der Waals surface area contributed by atoms with Crippen LogP contribution in [0.15, 0.2) is 29.7 Å². The molecule has 150 valence electrons. The predicted octanol–water partition coefficient (Wildman–Crippen LogP) is 6.45. The summed E-state index contributed by atoms with van der Waals surface area (Å²) in [6.45, 7) is 16.8. The van der Waals surface area contributed by atoms with E-state index >= 15 is 0 Å². The Labute approximate surface area is 162 Å². The minimum Gasteiger partial charge on any atom is -0.400 e. The summed E-state index contributed by atoms with van der Waals surface area (Å²) in [6.07, 6.45) is -4.33. The van der Waals surface area contributed by atoms with Gasteiger partial charge in [0.05, 0.1) is 16.8 Å². The van der Waals surface area contributed by atoms with Gasteiger partial charge in [0.25, 0.3) is 0 Å². The fourth-order valence-corrected chi connectivity index (χ4v) is 4.62. The maximum absolute atomic E-state index is 12.9. The Kier molecular flexibility index (Phi) is 5.84. The average Bonchev–Trinajstić information content (AvgIpc) is 2.70. The highest BCUT2D eigenvalue weighted by Gasteiger charge is 2.53. The highest BCUT2D eigenvalue weighted by Crippen LogP contribution is 2.42. The highest BCUT2D eigenvalue weighted by molar-refractivity contribution is 6.78. The van der Waals surface area contributed by atoms with Crippen LogP contribution >= 0.6 is 0 Å². The summed E-state index contributed by atoms with van der Waals surface area (Å²) >= 11 is 0. The minimum absolute atomic E-state index is 0.456. The van der Waals surface area contributed by atoms with Crippen molar-refractivity contribution in [3.05, 3.63) is 40.9 Å². The largest absolute Gasteiger partial charge is 0.490 e. The van der Waals surface area contributed by atoms with E-state index in [0.717, 1.165) is 34.8 Å². The van der Waals surface area contributed by atoms with Crippen molar-refractivity contribution in [3.63, 3.8) is 0 Å². The lowest BCUT2D eigenvalue weighted by Crippen LogP contribution is -2.41. The zero-order chi connectivity index (χ0) is 20.8. The van der Waals surface area contributed by atoms with E-state index < -0.39 is 38.1 Å². The van der Waals surface area contributed by atoms with Crippen LogP contribution in [0.1, 0.15) is 45.7 Å². The molecule has 0 atom stereocenters. The molecule has 0 aliphatic carbocycles. The van der Waals surface area contributed by atoms with Crippen molar-refractivity contribution in [1.29, 1.82) is 0 Å². The lowest BCUT2D eigenvalue weighted by Gasteiger charge is -2.32. The number of hydrogen-bond donors (Lipinski definition) is 0. The fourth-order valence-electron chi connectivity index (χ4n) is 3.04. The molecule has 7 heteroatoms. The maximum Gasteiger partial charge on any atom is 0.490 e. The first-order valence-corrected chi connectivity index (χ1v) is 13.0. The highest BCUT2D eigenvalue weighted by atomic mass is 28.3. The number of hydrogen-bond acceptors (Lipinski definition) is 2. The van der Waals surface area contributed by atoms with Gasteiger partial charge >= 0.3 is 13.3 Å². The van der Waals surface area contributed by atoms with E-state index in [1.165, 1.54) is 12.1 Å². The van der Waals surface area contributed by atoms with E-state index in [2.05, 4.69) is 19.6 Å². The van der Waals surface area contributed by atoms with E-state index in [1.807, 2.05) is 34.6 Å². The van der Waals surface area contributed by atoms with Gasteiger partial charge in [0.2, 0.25) is 0 Å². The second-order valence-corrected chi connectivity index (χ2v) is 15.0. The first-order valence-electron chi connectivity index (χ1n) is 9.26. The van der Waals surface area contributed by atoms with Crippen molar-refractivity contribution in [2.45, 2.75) is 77.7 Å². The summed E-state index contributed by atoms with van der Waals surface area (Å²) < 4.78 is 51.1. The Balaban J connectivity index is 2.47. The van der Waals surface area contributed by atoms with Crippen LogP contribution in [0.25, 0.3) is 5.57 Å². The first-order chi connectivity index (χ1) is 12.0. The average molecular weight is 398 g/mol. The quantitative estimate of drug-likeness (QED) is 0.543. The molecule has 0 aromatic heterocycles. The molecule has 1 aliphatic rings. The lowest BCUT2D eigenvalue weighted by atomic mass is 9.75. The molecular formula is C20H30BF3O2Si. The van der Waals surface area contributed by atoms with Crippen LogP contribution in [0.5, 0.6) is 0 Å². The van der Waals surface area contributed by atoms with Gasteiger partial charge in [-0.15, -0.1) is 0 Å². The Morgan fingerprint density at radius 3 is 1.78 bits per heavy atom. The van der Waals surface area contributed by atoms with Gasteiger partial charge in [-0.2, -0.15) is 13.2 Å². The molecule has 1 aromatic rings. The van der Waals surface area contributed by atoms with E-state index in [-0.39, 0.29) is 0 Å². The second kappa shape index (κ2) is 7.08. The van der Waals surface area contributed by atoms with Gasteiger partial charge < -0.3 is 9.31 Å². The van der Waals surface area contributed by atoms with Crippen LogP contribution in [0.4, 0.5) is 13.2 Å². The van der Waals surface area contributed by atoms with Gasteiger partial charge in [0.15, 0.2) is 0 Å². The molecule has 1 aromatic carbocycles. The lowest BCUT2D eigenvalue weighted by molar-refractivity contribution is -0.137. The van der Waals surface area contributed by atoms with Crippen LogP contribution in [-0.4, -0.2) is 26.4 Å². The van der Waals surface area contributed by atoms with Gasteiger partial charge in [-0.25, -0.2) is 0 Å². The van der Waals surface area contributed by atoms with Crippen molar-refractivity contribution in [3.8, 4) is 0 Å². The maximum atomic E-state index is 12.9. The molecule has 1 fully saturated rings. The Morgan fingerprint density at radius 2 is 1.41 bits per heavy atom. The van der Waals surface area contributed by atoms with E-state index in [0.29, 0.717) is 0 Å². The Bertz CT molecular complexity index is 700.